The average molecular weight is 263 g/mol. The standard InChI is InChI=1S/C17H29NO/c1-6-19-13-16(12-18-17(3,4)5)11-15-9-7-14(2)8-10-15/h7-10,16,18H,6,11-13H2,1-5H3. The van der Waals surface area contributed by atoms with Gasteiger partial charge < -0.3 is 10.1 Å². The maximum atomic E-state index is 5.62. The third kappa shape index (κ3) is 7.34. The van der Waals surface area contributed by atoms with Crippen LogP contribution in [-0.4, -0.2) is 25.3 Å². The molecule has 0 aliphatic rings. The molecule has 1 atom stereocenters. The number of hydrogen-bond donors (Lipinski definition) is 1. The Labute approximate surface area is 118 Å². The maximum absolute atomic E-state index is 5.62. The quantitative estimate of drug-likeness (QED) is 0.812. The Bertz CT molecular complexity index is 351. The molecule has 1 aromatic rings. The Morgan fingerprint density at radius 3 is 2.32 bits per heavy atom. The number of rotatable bonds is 7. The number of ether oxygens (including phenoxy) is 1. The third-order valence-corrected chi connectivity index (χ3v) is 3.12. The summed E-state index contributed by atoms with van der Waals surface area (Å²) in [6, 6.07) is 8.82. The largest absolute Gasteiger partial charge is 0.381 e. The van der Waals surface area contributed by atoms with Crippen molar-refractivity contribution in [2.75, 3.05) is 19.8 Å². The molecule has 0 fully saturated rings. The zero-order valence-corrected chi connectivity index (χ0v) is 13.1. The van der Waals surface area contributed by atoms with E-state index in [0.717, 1.165) is 26.2 Å². The first-order chi connectivity index (χ1) is 8.90. The van der Waals surface area contributed by atoms with Gasteiger partial charge >= 0.3 is 0 Å². The van der Waals surface area contributed by atoms with Gasteiger partial charge in [-0.2, -0.15) is 0 Å². The average Bonchev–Trinajstić information content (AvgIpc) is 2.34. The van der Waals surface area contributed by atoms with Crippen LogP contribution in [0.5, 0.6) is 0 Å². The molecule has 0 aliphatic heterocycles. The Morgan fingerprint density at radius 2 is 1.79 bits per heavy atom. The van der Waals surface area contributed by atoms with E-state index < -0.39 is 0 Å². The molecule has 0 heterocycles. The van der Waals surface area contributed by atoms with Crippen LogP contribution in [0.2, 0.25) is 0 Å². The molecular weight excluding hydrogens is 234 g/mol. The highest BCUT2D eigenvalue weighted by molar-refractivity contribution is 5.21. The molecule has 108 valence electrons. The summed E-state index contributed by atoms with van der Waals surface area (Å²) in [7, 11) is 0. The molecule has 0 aromatic heterocycles. The van der Waals surface area contributed by atoms with E-state index >= 15 is 0 Å². The number of nitrogens with one attached hydrogen (secondary N) is 1. The molecule has 0 radical (unpaired) electrons. The van der Waals surface area contributed by atoms with E-state index in [1.165, 1.54) is 11.1 Å². The molecule has 19 heavy (non-hydrogen) atoms. The summed E-state index contributed by atoms with van der Waals surface area (Å²) in [6.07, 6.45) is 1.07. The molecule has 0 saturated heterocycles. The lowest BCUT2D eigenvalue weighted by Gasteiger charge is -2.25. The summed E-state index contributed by atoms with van der Waals surface area (Å²) < 4.78 is 5.62. The molecule has 0 amide bonds. The lowest BCUT2D eigenvalue weighted by atomic mass is 9.98. The number of hydrogen-bond acceptors (Lipinski definition) is 2. The second-order valence-electron chi connectivity index (χ2n) is 6.35. The van der Waals surface area contributed by atoms with Crippen LogP contribution < -0.4 is 5.32 Å². The highest BCUT2D eigenvalue weighted by atomic mass is 16.5. The van der Waals surface area contributed by atoms with E-state index in [1.54, 1.807) is 0 Å². The predicted octanol–water partition coefficient (Wildman–Crippen LogP) is 3.58. The van der Waals surface area contributed by atoms with Crippen molar-refractivity contribution in [3.63, 3.8) is 0 Å². The SMILES string of the molecule is CCOCC(CNC(C)(C)C)Cc1ccc(C)cc1. The Morgan fingerprint density at radius 1 is 1.16 bits per heavy atom. The summed E-state index contributed by atoms with van der Waals surface area (Å²) >= 11 is 0. The van der Waals surface area contributed by atoms with Gasteiger partial charge in [0.15, 0.2) is 0 Å². The number of aryl methyl sites for hydroxylation is 1. The molecule has 0 spiro atoms. The molecule has 1 unspecified atom stereocenters. The lowest BCUT2D eigenvalue weighted by Crippen LogP contribution is -2.40. The van der Waals surface area contributed by atoms with Crippen LogP contribution in [0.1, 0.15) is 38.8 Å². The van der Waals surface area contributed by atoms with Gasteiger partial charge in [-0.15, -0.1) is 0 Å². The highest BCUT2D eigenvalue weighted by Gasteiger charge is 2.15. The van der Waals surface area contributed by atoms with Gasteiger partial charge in [0.2, 0.25) is 0 Å². The number of benzene rings is 1. The van der Waals surface area contributed by atoms with Crippen molar-refractivity contribution in [1.29, 1.82) is 0 Å². The van der Waals surface area contributed by atoms with Crippen molar-refractivity contribution in [3.05, 3.63) is 35.4 Å². The second kappa shape index (κ2) is 7.66. The van der Waals surface area contributed by atoms with Gasteiger partial charge in [0.05, 0.1) is 6.61 Å². The summed E-state index contributed by atoms with van der Waals surface area (Å²) in [6.45, 7) is 13.4. The summed E-state index contributed by atoms with van der Waals surface area (Å²) in [5.74, 6) is 0.530. The molecule has 1 aromatic carbocycles. The van der Waals surface area contributed by atoms with Crippen molar-refractivity contribution in [2.45, 2.75) is 46.6 Å². The zero-order chi connectivity index (χ0) is 14.3. The van der Waals surface area contributed by atoms with Gasteiger partial charge in [0, 0.05) is 18.7 Å². The summed E-state index contributed by atoms with van der Waals surface area (Å²) in [5, 5.41) is 3.58. The van der Waals surface area contributed by atoms with Crippen molar-refractivity contribution < 1.29 is 4.74 Å². The normalized spacial score (nSPS) is 13.5. The van der Waals surface area contributed by atoms with Crippen molar-refractivity contribution in [1.82, 2.24) is 5.32 Å². The van der Waals surface area contributed by atoms with E-state index in [9.17, 15) is 0 Å². The molecular formula is C17H29NO. The van der Waals surface area contributed by atoms with Crippen LogP contribution in [0.4, 0.5) is 0 Å². The van der Waals surface area contributed by atoms with E-state index in [2.05, 4.69) is 64.2 Å². The van der Waals surface area contributed by atoms with Crippen LogP contribution in [0.15, 0.2) is 24.3 Å². The third-order valence-electron chi connectivity index (χ3n) is 3.12. The second-order valence-corrected chi connectivity index (χ2v) is 6.35. The molecule has 0 aliphatic carbocycles. The van der Waals surface area contributed by atoms with Crippen LogP contribution in [0.25, 0.3) is 0 Å². The first-order valence-corrected chi connectivity index (χ1v) is 7.29. The van der Waals surface area contributed by atoms with Crippen LogP contribution >= 0.6 is 0 Å². The molecule has 0 bridgehead atoms. The molecule has 1 N–H and O–H groups in total. The fourth-order valence-electron chi connectivity index (χ4n) is 1.98. The van der Waals surface area contributed by atoms with Gasteiger partial charge in [-0.05, 0) is 52.5 Å². The fraction of sp³-hybridized carbons (Fsp3) is 0.647. The minimum atomic E-state index is 0.164. The minimum Gasteiger partial charge on any atom is -0.381 e. The van der Waals surface area contributed by atoms with Gasteiger partial charge in [-0.3, -0.25) is 0 Å². The van der Waals surface area contributed by atoms with Gasteiger partial charge in [-0.1, -0.05) is 29.8 Å². The minimum absolute atomic E-state index is 0.164. The van der Waals surface area contributed by atoms with Crippen LogP contribution in [0, 0.1) is 12.8 Å². The van der Waals surface area contributed by atoms with Crippen molar-refractivity contribution in [3.8, 4) is 0 Å². The molecule has 2 heteroatoms. The Kier molecular flexibility index (Phi) is 6.53. The first-order valence-electron chi connectivity index (χ1n) is 7.29. The van der Waals surface area contributed by atoms with Crippen LogP contribution in [-0.2, 0) is 11.2 Å². The van der Waals surface area contributed by atoms with Crippen LogP contribution in [0.3, 0.4) is 0 Å². The van der Waals surface area contributed by atoms with Crippen molar-refractivity contribution in [2.24, 2.45) is 5.92 Å². The van der Waals surface area contributed by atoms with E-state index in [0.29, 0.717) is 5.92 Å². The highest BCUT2D eigenvalue weighted by Crippen LogP contribution is 2.12. The fourth-order valence-corrected chi connectivity index (χ4v) is 1.98. The van der Waals surface area contributed by atoms with Gasteiger partial charge in [-0.25, -0.2) is 0 Å². The first kappa shape index (κ1) is 16.2. The monoisotopic (exact) mass is 263 g/mol. The summed E-state index contributed by atoms with van der Waals surface area (Å²) in [5.41, 5.74) is 2.88. The van der Waals surface area contributed by atoms with Crippen molar-refractivity contribution >= 4 is 0 Å². The molecule has 2 nitrogen and oxygen atoms in total. The smallest absolute Gasteiger partial charge is 0.0509 e. The Balaban J connectivity index is 2.55. The van der Waals surface area contributed by atoms with E-state index in [4.69, 9.17) is 4.74 Å². The maximum Gasteiger partial charge on any atom is 0.0509 e. The van der Waals surface area contributed by atoms with E-state index in [1.807, 2.05) is 0 Å². The zero-order valence-electron chi connectivity index (χ0n) is 13.1. The topological polar surface area (TPSA) is 21.3 Å². The van der Waals surface area contributed by atoms with Gasteiger partial charge in [0.1, 0.15) is 0 Å². The lowest BCUT2D eigenvalue weighted by molar-refractivity contribution is 0.107. The molecule has 0 saturated carbocycles. The van der Waals surface area contributed by atoms with E-state index in [-0.39, 0.29) is 5.54 Å². The van der Waals surface area contributed by atoms with Gasteiger partial charge in [0.25, 0.3) is 0 Å². The summed E-state index contributed by atoms with van der Waals surface area (Å²) in [4.78, 5) is 0. The molecule has 1 rings (SSSR count). The predicted molar refractivity (Wildman–Crippen MR) is 82.6 cm³/mol. The Hall–Kier alpha value is -0.860.